The lowest BCUT2D eigenvalue weighted by Gasteiger charge is -2.44. The smallest absolute Gasteiger partial charge is 0.256 e. The van der Waals surface area contributed by atoms with Crippen molar-refractivity contribution in [1.82, 2.24) is 15.1 Å². The number of benzene rings is 2. The number of piperidine rings is 1. The molecule has 3 aromatic rings. The van der Waals surface area contributed by atoms with Crippen LogP contribution >= 0.6 is 0 Å². The molecule has 2 fully saturated rings. The molecule has 8 nitrogen and oxygen atoms in total. The minimum absolute atomic E-state index is 0.0372. The monoisotopic (exact) mass is 515 g/mol. The standard InChI is InChI=1S/C30H33N3O5/c1-3-22-9-11-23(12-10-22)28(35)32-15-13-30(14-16-32)33(29(36)24-7-4-6-21(2)18-24)26(20-38-30)27(34)31-19-25-8-5-17-37-25/h4-12,17-18,26H,3,13-16,19-20H2,1-2H3,(H,31,34). The Kier molecular flexibility index (Phi) is 7.33. The Morgan fingerprint density at radius 2 is 1.74 bits per heavy atom. The first-order valence-electron chi connectivity index (χ1n) is 13.1. The summed E-state index contributed by atoms with van der Waals surface area (Å²) in [5, 5.41) is 2.88. The normalized spacial score (nSPS) is 18.5. The molecule has 2 aliphatic heterocycles. The van der Waals surface area contributed by atoms with Crippen LogP contribution in [0.2, 0.25) is 0 Å². The predicted molar refractivity (Wildman–Crippen MR) is 141 cm³/mol. The van der Waals surface area contributed by atoms with E-state index in [0.717, 1.165) is 12.0 Å². The first-order valence-corrected chi connectivity index (χ1v) is 13.1. The van der Waals surface area contributed by atoms with E-state index in [0.29, 0.717) is 42.8 Å². The SMILES string of the molecule is CCc1ccc(C(=O)N2CCC3(CC2)OCC(C(=O)NCc2ccco2)N3C(=O)c2cccc(C)c2)cc1. The molecule has 1 spiro atoms. The number of aryl methyl sites for hydroxylation is 2. The highest BCUT2D eigenvalue weighted by Gasteiger charge is 2.54. The largest absolute Gasteiger partial charge is 0.467 e. The van der Waals surface area contributed by atoms with Crippen molar-refractivity contribution in [2.24, 2.45) is 0 Å². The van der Waals surface area contributed by atoms with Gasteiger partial charge in [0.2, 0.25) is 5.91 Å². The van der Waals surface area contributed by atoms with Crippen LogP contribution in [0.5, 0.6) is 0 Å². The summed E-state index contributed by atoms with van der Waals surface area (Å²) < 4.78 is 11.6. The van der Waals surface area contributed by atoms with Crippen LogP contribution in [0, 0.1) is 6.92 Å². The number of rotatable bonds is 6. The molecule has 8 heteroatoms. The fourth-order valence-electron chi connectivity index (χ4n) is 5.31. The molecular weight excluding hydrogens is 482 g/mol. The summed E-state index contributed by atoms with van der Waals surface area (Å²) >= 11 is 0. The van der Waals surface area contributed by atoms with Gasteiger partial charge in [0.15, 0.2) is 0 Å². The van der Waals surface area contributed by atoms with Crippen molar-refractivity contribution in [1.29, 1.82) is 0 Å². The van der Waals surface area contributed by atoms with Crippen molar-refractivity contribution >= 4 is 17.7 Å². The van der Waals surface area contributed by atoms with Crippen LogP contribution in [-0.2, 0) is 22.5 Å². The topological polar surface area (TPSA) is 92.1 Å². The van der Waals surface area contributed by atoms with E-state index < -0.39 is 11.8 Å². The van der Waals surface area contributed by atoms with Crippen molar-refractivity contribution in [3.63, 3.8) is 0 Å². The van der Waals surface area contributed by atoms with E-state index >= 15 is 0 Å². The lowest BCUT2D eigenvalue weighted by Crippen LogP contribution is -2.59. The van der Waals surface area contributed by atoms with Crippen molar-refractivity contribution in [3.05, 3.63) is 94.9 Å². The molecule has 5 rings (SSSR count). The van der Waals surface area contributed by atoms with Crippen LogP contribution in [0.3, 0.4) is 0 Å². The molecule has 1 atom stereocenters. The first kappa shape index (κ1) is 25.7. The lowest BCUT2D eigenvalue weighted by molar-refractivity contribution is -0.128. The fraction of sp³-hybridized carbons (Fsp3) is 0.367. The maximum Gasteiger partial charge on any atom is 0.256 e. The van der Waals surface area contributed by atoms with E-state index in [1.807, 2.05) is 49.4 Å². The number of carbonyl (C=O) groups is 3. The van der Waals surface area contributed by atoms with Gasteiger partial charge in [0.05, 0.1) is 19.4 Å². The van der Waals surface area contributed by atoms with Gasteiger partial charge in [-0.05, 0) is 55.3 Å². The Morgan fingerprint density at radius 1 is 0.974 bits per heavy atom. The van der Waals surface area contributed by atoms with E-state index in [2.05, 4.69) is 12.2 Å². The van der Waals surface area contributed by atoms with Crippen molar-refractivity contribution in [3.8, 4) is 0 Å². The third-order valence-electron chi connectivity index (χ3n) is 7.51. The Morgan fingerprint density at radius 3 is 2.39 bits per heavy atom. The maximum atomic E-state index is 13.9. The molecule has 198 valence electrons. The van der Waals surface area contributed by atoms with Crippen LogP contribution in [0.1, 0.15) is 57.4 Å². The Bertz CT molecular complexity index is 1290. The molecule has 0 aliphatic carbocycles. The van der Waals surface area contributed by atoms with Gasteiger partial charge in [-0.2, -0.15) is 0 Å². The van der Waals surface area contributed by atoms with Crippen LogP contribution in [0.4, 0.5) is 0 Å². The Labute approximate surface area is 222 Å². The second-order valence-corrected chi connectivity index (χ2v) is 9.96. The number of nitrogens with one attached hydrogen (secondary N) is 1. The molecule has 2 aliphatic rings. The molecule has 0 saturated carbocycles. The molecule has 38 heavy (non-hydrogen) atoms. The molecule has 2 aromatic carbocycles. The van der Waals surface area contributed by atoms with Gasteiger partial charge >= 0.3 is 0 Å². The van der Waals surface area contributed by atoms with E-state index in [1.165, 1.54) is 5.56 Å². The van der Waals surface area contributed by atoms with E-state index in [1.54, 1.807) is 34.3 Å². The van der Waals surface area contributed by atoms with Gasteiger partial charge in [0.1, 0.15) is 17.5 Å². The van der Waals surface area contributed by atoms with Gasteiger partial charge in [-0.15, -0.1) is 0 Å². The molecule has 1 aromatic heterocycles. The highest BCUT2D eigenvalue weighted by atomic mass is 16.5. The second kappa shape index (κ2) is 10.8. The molecular formula is C30H33N3O5. The van der Waals surface area contributed by atoms with Gasteiger partial charge in [-0.25, -0.2) is 0 Å². The Balaban J connectivity index is 1.35. The first-order chi connectivity index (χ1) is 18.4. The zero-order valence-corrected chi connectivity index (χ0v) is 21.8. The second-order valence-electron chi connectivity index (χ2n) is 9.96. The molecule has 0 bridgehead atoms. The van der Waals surface area contributed by atoms with Crippen molar-refractivity contribution in [2.45, 2.75) is 51.4 Å². The minimum atomic E-state index is -0.962. The van der Waals surface area contributed by atoms with Crippen molar-refractivity contribution < 1.29 is 23.5 Å². The molecule has 3 heterocycles. The van der Waals surface area contributed by atoms with E-state index in [-0.39, 0.29) is 30.9 Å². The number of furan rings is 1. The van der Waals surface area contributed by atoms with E-state index in [9.17, 15) is 14.4 Å². The summed E-state index contributed by atoms with van der Waals surface area (Å²) in [7, 11) is 0. The molecule has 3 amide bonds. The van der Waals surface area contributed by atoms with Gasteiger partial charge in [0, 0.05) is 37.1 Å². The highest BCUT2D eigenvalue weighted by Crippen LogP contribution is 2.39. The third kappa shape index (κ3) is 5.09. The molecule has 1 N–H and O–H groups in total. The predicted octanol–water partition coefficient (Wildman–Crippen LogP) is 3.94. The summed E-state index contributed by atoms with van der Waals surface area (Å²) in [5.74, 6) is 0.0419. The van der Waals surface area contributed by atoms with Crippen LogP contribution in [0.25, 0.3) is 0 Å². The lowest BCUT2D eigenvalue weighted by atomic mass is 9.95. The zero-order chi connectivity index (χ0) is 26.7. The Hall–Kier alpha value is -3.91. The quantitative estimate of drug-likeness (QED) is 0.537. The number of likely N-dealkylation sites (tertiary alicyclic amines) is 1. The average molecular weight is 516 g/mol. The molecule has 0 radical (unpaired) electrons. The minimum Gasteiger partial charge on any atom is -0.467 e. The summed E-state index contributed by atoms with van der Waals surface area (Å²) in [6.45, 7) is 5.17. The number of hydrogen-bond donors (Lipinski definition) is 1. The van der Waals surface area contributed by atoms with Crippen LogP contribution in [0.15, 0.2) is 71.3 Å². The number of amides is 3. The average Bonchev–Trinajstić information content (AvgIpc) is 3.60. The summed E-state index contributed by atoms with van der Waals surface area (Å²) in [6.07, 6.45) is 3.31. The fourth-order valence-corrected chi connectivity index (χ4v) is 5.31. The van der Waals surface area contributed by atoms with Crippen LogP contribution < -0.4 is 5.32 Å². The summed E-state index contributed by atoms with van der Waals surface area (Å²) in [5.41, 5.74) is 2.33. The van der Waals surface area contributed by atoms with Crippen molar-refractivity contribution in [2.75, 3.05) is 19.7 Å². The van der Waals surface area contributed by atoms with E-state index in [4.69, 9.17) is 9.15 Å². The molecule has 1 unspecified atom stereocenters. The van der Waals surface area contributed by atoms with Crippen LogP contribution in [-0.4, -0.2) is 59.0 Å². The molecule has 2 saturated heterocycles. The zero-order valence-electron chi connectivity index (χ0n) is 21.8. The summed E-state index contributed by atoms with van der Waals surface area (Å²) in [4.78, 5) is 43.8. The third-order valence-corrected chi connectivity index (χ3v) is 7.51. The number of nitrogens with zero attached hydrogens (tertiary/aromatic N) is 2. The van der Waals surface area contributed by atoms with Gasteiger partial charge in [-0.1, -0.05) is 36.8 Å². The number of hydrogen-bond acceptors (Lipinski definition) is 5. The number of ether oxygens (including phenoxy) is 1. The summed E-state index contributed by atoms with van der Waals surface area (Å²) in [6, 6.07) is 17.8. The van der Waals surface area contributed by atoms with Gasteiger partial charge in [-0.3, -0.25) is 19.3 Å². The van der Waals surface area contributed by atoms with Gasteiger partial charge < -0.3 is 19.4 Å². The van der Waals surface area contributed by atoms with Gasteiger partial charge in [0.25, 0.3) is 11.8 Å². The highest BCUT2D eigenvalue weighted by molar-refractivity contribution is 5.99. The number of carbonyl (C=O) groups excluding carboxylic acids is 3. The maximum absolute atomic E-state index is 13.9.